The number of rotatable bonds is 4. The van der Waals surface area contributed by atoms with Crippen molar-refractivity contribution in [1.82, 2.24) is 20.4 Å². The standard InChI is InChI=1S/C18H24F2N4O2/c1-17(2,22-16(25)13-10-21-8-9-26-13)15-11-6-5-7-12(18(3,19)20)14(11)24(4)23-15/h5-7,13,21H,8-10H2,1-4H3,(H,22,25)/t13-/m0/s1. The zero-order valence-electron chi connectivity index (χ0n) is 15.4. The molecule has 1 amide bonds. The second kappa shape index (κ2) is 6.59. The van der Waals surface area contributed by atoms with E-state index in [4.69, 9.17) is 4.74 Å². The van der Waals surface area contributed by atoms with Crippen LogP contribution in [0.25, 0.3) is 10.9 Å². The summed E-state index contributed by atoms with van der Waals surface area (Å²) >= 11 is 0. The number of aryl methyl sites for hydroxylation is 1. The molecule has 1 aromatic carbocycles. The van der Waals surface area contributed by atoms with E-state index >= 15 is 0 Å². The lowest BCUT2D eigenvalue weighted by Gasteiger charge is -2.29. The number of ether oxygens (including phenoxy) is 1. The minimum absolute atomic E-state index is 0.0850. The predicted molar refractivity (Wildman–Crippen MR) is 94.1 cm³/mol. The summed E-state index contributed by atoms with van der Waals surface area (Å²) in [7, 11) is 1.63. The van der Waals surface area contributed by atoms with Crippen LogP contribution < -0.4 is 10.6 Å². The number of fused-ring (bicyclic) bond motifs is 1. The first-order chi connectivity index (χ1) is 12.1. The Kier molecular flexibility index (Phi) is 4.74. The van der Waals surface area contributed by atoms with Crippen molar-refractivity contribution in [2.45, 2.75) is 38.3 Å². The van der Waals surface area contributed by atoms with Gasteiger partial charge in [-0.05, 0) is 13.8 Å². The average Bonchev–Trinajstić information content (AvgIpc) is 2.92. The van der Waals surface area contributed by atoms with E-state index in [1.54, 1.807) is 33.0 Å². The van der Waals surface area contributed by atoms with Gasteiger partial charge in [0.1, 0.15) is 6.10 Å². The number of halogens is 2. The molecule has 0 bridgehead atoms. The Morgan fingerprint density at radius 3 is 2.73 bits per heavy atom. The molecule has 0 unspecified atom stereocenters. The number of benzene rings is 1. The van der Waals surface area contributed by atoms with Crippen LogP contribution >= 0.6 is 0 Å². The monoisotopic (exact) mass is 366 g/mol. The van der Waals surface area contributed by atoms with Crippen molar-refractivity contribution < 1.29 is 18.3 Å². The molecule has 1 aliphatic rings. The van der Waals surface area contributed by atoms with Crippen LogP contribution in [0.1, 0.15) is 32.0 Å². The van der Waals surface area contributed by atoms with Crippen LogP contribution in [0.15, 0.2) is 18.2 Å². The highest BCUT2D eigenvalue weighted by Crippen LogP contribution is 2.36. The van der Waals surface area contributed by atoms with Crippen LogP contribution in [0.4, 0.5) is 8.78 Å². The minimum Gasteiger partial charge on any atom is -0.366 e. The van der Waals surface area contributed by atoms with Crippen LogP contribution in [0, 0.1) is 0 Å². The third-order valence-corrected chi connectivity index (χ3v) is 4.59. The molecule has 0 spiro atoms. The van der Waals surface area contributed by atoms with Crippen LogP contribution in [0.2, 0.25) is 0 Å². The van der Waals surface area contributed by atoms with Gasteiger partial charge in [-0.2, -0.15) is 5.10 Å². The molecule has 0 radical (unpaired) electrons. The van der Waals surface area contributed by atoms with Gasteiger partial charge < -0.3 is 15.4 Å². The van der Waals surface area contributed by atoms with Gasteiger partial charge in [-0.3, -0.25) is 9.48 Å². The molecule has 2 heterocycles. The van der Waals surface area contributed by atoms with E-state index in [1.807, 2.05) is 0 Å². The van der Waals surface area contributed by atoms with Crippen LogP contribution in [-0.2, 0) is 28.0 Å². The molecule has 26 heavy (non-hydrogen) atoms. The molecular formula is C18H24F2N4O2. The number of hydrogen-bond acceptors (Lipinski definition) is 4. The molecule has 1 saturated heterocycles. The first-order valence-electron chi connectivity index (χ1n) is 8.60. The molecule has 0 aliphatic carbocycles. The Balaban J connectivity index is 1.97. The molecule has 2 N–H and O–H groups in total. The number of aromatic nitrogens is 2. The van der Waals surface area contributed by atoms with Crippen molar-refractivity contribution in [3.8, 4) is 0 Å². The lowest BCUT2D eigenvalue weighted by atomic mass is 9.95. The van der Waals surface area contributed by atoms with E-state index in [2.05, 4.69) is 15.7 Å². The third-order valence-electron chi connectivity index (χ3n) is 4.59. The van der Waals surface area contributed by atoms with Crippen LogP contribution in [0.3, 0.4) is 0 Å². The molecule has 8 heteroatoms. The van der Waals surface area contributed by atoms with Gasteiger partial charge in [-0.1, -0.05) is 18.2 Å². The number of carbonyl (C=O) groups excluding carboxylic acids is 1. The molecule has 1 atom stereocenters. The number of alkyl halides is 2. The smallest absolute Gasteiger partial charge is 0.272 e. The molecule has 1 aromatic heterocycles. The van der Waals surface area contributed by atoms with E-state index in [9.17, 15) is 13.6 Å². The van der Waals surface area contributed by atoms with E-state index in [1.165, 1.54) is 10.7 Å². The lowest BCUT2D eigenvalue weighted by molar-refractivity contribution is -0.136. The van der Waals surface area contributed by atoms with Crippen molar-refractivity contribution in [2.75, 3.05) is 19.7 Å². The Bertz CT molecular complexity index is 820. The van der Waals surface area contributed by atoms with Crippen molar-refractivity contribution >= 4 is 16.8 Å². The van der Waals surface area contributed by atoms with Gasteiger partial charge in [0, 0.05) is 38.0 Å². The second-order valence-corrected chi connectivity index (χ2v) is 7.24. The zero-order valence-corrected chi connectivity index (χ0v) is 15.4. The van der Waals surface area contributed by atoms with Gasteiger partial charge in [0.05, 0.1) is 23.4 Å². The largest absolute Gasteiger partial charge is 0.366 e. The number of morpholine rings is 1. The van der Waals surface area contributed by atoms with Gasteiger partial charge in [-0.15, -0.1) is 0 Å². The summed E-state index contributed by atoms with van der Waals surface area (Å²) in [5.74, 6) is -3.24. The maximum atomic E-state index is 14.0. The SMILES string of the molecule is Cn1nc(C(C)(C)NC(=O)[C@@H]2CNCCO2)c2cccc(C(C)(F)F)c21. The summed E-state index contributed by atoms with van der Waals surface area (Å²) in [5.41, 5.74) is -0.0247. The fraction of sp³-hybridized carbons (Fsp3) is 0.556. The molecular weight excluding hydrogens is 342 g/mol. The fourth-order valence-electron chi connectivity index (χ4n) is 3.33. The Morgan fingerprint density at radius 2 is 2.12 bits per heavy atom. The van der Waals surface area contributed by atoms with Crippen molar-refractivity contribution in [3.63, 3.8) is 0 Å². The van der Waals surface area contributed by atoms with Crippen LogP contribution in [-0.4, -0.2) is 41.5 Å². The third kappa shape index (κ3) is 3.43. The Morgan fingerprint density at radius 1 is 1.38 bits per heavy atom. The number of para-hydroxylation sites is 1. The van der Waals surface area contributed by atoms with Crippen molar-refractivity contribution in [2.24, 2.45) is 7.05 Å². The molecule has 1 aliphatic heterocycles. The highest BCUT2D eigenvalue weighted by molar-refractivity contribution is 5.88. The summed E-state index contributed by atoms with van der Waals surface area (Å²) in [6.07, 6.45) is -0.575. The summed E-state index contributed by atoms with van der Waals surface area (Å²) < 4.78 is 34.9. The topological polar surface area (TPSA) is 68.2 Å². The van der Waals surface area contributed by atoms with Gasteiger partial charge in [0.2, 0.25) is 0 Å². The van der Waals surface area contributed by atoms with Gasteiger partial charge in [0.25, 0.3) is 11.8 Å². The molecule has 2 aromatic rings. The highest BCUT2D eigenvalue weighted by atomic mass is 19.3. The highest BCUT2D eigenvalue weighted by Gasteiger charge is 2.35. The van der Waals surface area contributed by atoms with E-state index in [0.717, 1.165) is 6.92 Å². The van der Waals surface area contributed by atoms with Crippen molar-refractivity contribution in [1.29, 1.82) is 0 Å². The van der Waals surface area contributed by atoms with Gasteiger partial charge >= 0.3 is 0 Å². The normalized spacial score (nSPS) is 18.9. The van der Waals surface area contributed by atoms with E-state index in [-0.39, 0.29) is 11.5 Å². The van der Waals surface area contributed by atoms with Gasteiger partial charge in [0.15, 0.2) is 0 Å². The molecule has 6 nitrogen and oxygen atoms in total. The fourth-order valence-corrected chi connectivity index (χ4v) is 3.33. The maximum absolute atomic E-state index is 14.0. The van der Waals surface area contributed by atoms with E-state index in [0.29, 0.717) is 36.3 Å². The molecule has 0 saturated carbocycles. The number of nitrogens with one attached hydrogen (secondary N) is 2. The first-order valence-corrected chi connectivity index (χ1v) is 8.60. The minimum atomic E-state index is -2.99. The number of carbonyl (C=O) groups is 1. The summed E-state index contributed by atoms with van der Waals surface area (Å²) in [4.78, 5) is 12.5. The Labute approximate surface area is 150 Å². The van der Waals surface area contributed by atoms with Crippen LogP contribution in [0.5, 0.6) is 0 Å². The second-order valence-electron chi connectivity index (χ2n) is 7.24. The summed E-state index contributed by atoms with van der Waals surface area (Å²) in [5, 5.41) is 11.1. The molecule has 1 fully saturated rings. The van der Waals surface area contributed by atoms with Gasteiger partial charge in [-0.25, -0.2) is 8.78 Å². The predicted octanol–water partition coefficient (Wildman–Crippen LogP) is 2.02. The lowest BCUT2D eigenvalue weighted by Crippen LogP contribution is -2.52. The first kappa shape index (κ1) is 18.7. The molecule has 3 rings (SSSR count). The molecule has 142 valence electrons. The summed E-state index contributed by atoms with van der Waals surface area (Å²) in [6.45, 7) is 6.11. The Hall–Kier alpha value is -2.06. The number of hydrogen-bond donors (Lipinski definition) is 2. The summed E-state index contributed by atoms with van der Waals surface area (Å²) in [6, 6.07) is 4.74. The number of nitrogens with zero attached hydrogens (tertiary/aromatic N) is 2. The maximum Gasteiger partial charge on any atom is 0.272 e. The van der Waals surface area contributed by atoms with E-state index < -0.39 is 17.6 Å². The zero-order chi connectivity index (χ0) is 19.1. The van der Waals surface area contributed by atoms with Crippen molar-refractivity contribution in [3.05, 3.63) is 29.5 Å². The average molecular weight is 366 g/mol. The quantitative estimate of drug-likeness (QED) is 0.869. The number of amides is 1.